The summed E-state index contributed by atoms with van der Waals surface area (Å²) < 4.78 is 10.3. The Bertz CT molecular complexity index is 962. The number of nitrogens with one attached hydrogen (secondary N) is 1. The van der Waals surface area contributed by atoms with Crippen LogP contribution in [-0.4, -0.2) is 36.6 Å². The first-order valence-electron chi connectivity index (χ1n) is 8.62. The highest BCUT2D eigenvalue weighted by Crippen LogP contribution is 2.35. The van der Waals surface area contributed by atoms with Crippen LogP contribution in [0.5, 0.6) is 5.75 Å². The fourth-order valence-electron chi connectivity index (χ4n) is 3.00. The van der Waals surface area contributed by atoms with Crippen molar-refractivity contribution in [2.75, 3.05) is 19.5 Å². The van der Waals surface area contributed by atoms with Gasteiger partial charge in [-0.25, -0.2) is 4.79 Å². The van der Waals surface area contributed by atoms with E-state index in [0.29, 0.717) is 34.7 Å². The fraction of sp³-hybridized carbons (Fsp3) is 0.250. The van der Waals surface area contributed by atoms with E-state index in [2.05, 4.69) is 10.5 Å². The first-order valence-corrected chi connectivity index (χ1v) is 9.49. The number of hydrogen-bond acceptors (Lipinski definition) is 6. The molecule has 0 aliphatic carbocycles. The third-order valence-corrected chi connectivity index (χ3v) is 4.73. The Balaban J connectivity index is 1.84. The van der Waals surface area contributed by atoms with Crippen molar-refractivity contribution in [3.63, 3.8) is 0 Å². The molecule has 0 saturated heterocycles. The Morgan fingerprint density at radius 3 is 2.66 bits per heavy atom. The maximum Gasteiger partial charge on any atom is 0.338 e. The lowest BCUT2D eigenvalue weighted by Gasteiger charge is -2.13. The lowest BCUT2D eigenvalue weighted by Crippen LogP contribution is -2.18. The molecule has 1 atom stereocenters. The number of hydrogen-bond donors (Lipinski definition) is 1. The predicted molar refractivity (Wildman–Crippen MR) is 110 cm³/mol. The molecule has 152 valence electrons. The average Bonchev–Trinajstić information content (AvgIpc) is 3.22. The molecule has 0 spiro atoms. The zero-order valence-electron chi connectivity index (χ0n) is 15.6. The van der Waals surface area contributed by atoms with Crippen molar-refractivity contribution in [2.24, 2.45) is 5.16 Å². The summed E-state index contributed by atoms with van der Waals surface area (Å²) in [4.78, 5) is 28.3. The summed E-state index contributed by atoms with van der Waals surface area (Å²) in [7, 11) is 2.83. The van der Waals surface area contributed by atoms with E-state index in [1.54, 1.807) is 36.4 Å². The summed E-state index contributed by atoms with van der Waals surface area (Å²) in [5.41, 5.74) is 2.75. The van der Waals surface area contributed by atoms with E-state index in [9.17, 15) is 9.59 Å². The lowest BCUT2D eigenvalue weighted by molar-refractivity contribution is -0.114. The van der Waals surface area contributed by atoms with Gasteiger partial charge < -0.3 is 19.6 Å². The number of rotatable bonds is 6. The molecule has 9 heteroatoms. The highest BCUT2D eigenvalue weighted by Gasteiger charge is 2.29. The van der Waals surface area contributed by atoms with E-state index >= 15 is 0 Å². The molecule has 1 amide bonds. The minimum absolute atomic E-state index is 0.339. The third-order valence-electron chi connectivity index (χ3n) is 4.33. The molecule has 0 saturated carbocycles. The molecular weight excluding hydrogens is 419 g/mol. The van der Waals surface area contributed by atoms with Crippen LogP contribution < -0.4 is 10.1 Å². The zero-order valence-corrected chi connectivity index (χ0v) is 17.2. The van der Waals surface area contributed by atoms with Crippen LogP contribution >= 0.6 is 23.2 Å². The maximum atomic E-state index is 12.2. The average molecular weight is 437 g/mol. The van der Waals surface area contributed by atoms with Crippen LogP contribution in [0.15, 0.2) is 47.6 Å². The smallest absolute Gasteiger partial charge is 0.338 e. The first kappa shape index (κ1) is 21.0. The zero-order chi connectivity index (χ0) is 21.0. The molecule has 29 heavy (non-hydrogen) atoms. The van der Waals surface area contributed by atoms with Gasteiger partial charge in [0.05, 0.1) is 31.1 Å². The van der Waals surface area contributed by atoms with E-state index in [-0.39, 0.29) is 0 Å². The number of halogens is 2. The summed E-state index contributed by atoms with van der Waals surface area (Å²) in [6.07, 6.45) is -0.00450. The number of benzene rings is 2. The van der Waals surface area contributed by atoms with E-state index in [4.69, 9.17) is 37.5 Å². The molecule has 1 N–H and O–H groups in total. The molecule has 0 bridgehead atoms. The number of esters is 1. The molecule has 2 aromatic rings. The van der Waals surface area contributed by atoms with Gasteiger partial charge in [0.2, 0.25) is 0 Å². The largest absolute Gasteiger partial charge is 0.496 e. The number of ether oxygens (including phenoxy) is 2. The van der Waals surface area contributed by atoms with Gasteiger partial charge in [-0.2, -0.15) is 0 Å². The van der Waals surface area contributed by atoms with E-state index in [1.807, 2.05) is 6.07 Å². The number of carbonyl (C=O) groups is 2. The fourth-order valence-corrected chi connectivity index (χ4v) is 3.11. The predicted octanol–water partition coefficient (Wildman–Crippen LogP) is 4.09. The van der Waals surface area contributed by atoms with Gasteiger partial charge >= 0.3 is 5.97 Å². The summed E-state index contributed by atoms with van der Waals surface area (Å²) in [5, 5.41) is 6.79. The number of oxime groups is 1. The number of methoxy groups -OCH3 is 2. The number of amides is 1. The van der Waals surface area contributed by atoms with Gasteiger partial charge in [0.15, 0.2) is 10.9 Å². The molecule has 1 heterocycles. The van der Waals surface area contributed by atoms with Crippen molar-refractivity contribution in [2.45, 2.75) is 17.4 Å². The molecule has 1 unspecified atom stereocenters. The van der Waals surface area contributed by atoms with Gasteiger partial charge in [0, 0.05) is 12.1 Å². The molecule has 1 aliphatic heterocycles. The molecule has 7 nitrogen and oxygen atoms in total. The van der Waals surface area contributed by atoms with Crippen molar-refractivity contribution >= 4 is 46.5 Å². The van der Waals surface area contributed by atoms with Crippen molar-refractivity contribution in [3.8, 4) is 5.75 Å². The minimum Gasteiger partial charge on any atom is -0.496 e. The van der Waals surface area contributed by atoms with Gasteiger partial charge in [0.25, 0.3) is 5.91 Å². The number of alkyl halides is 2. The van der Waals surface area contributed by atoms with Gasteiger partial charge in [-0.15, -0.1) is 0 Å². The highest BCUT2D eigenvalue weighted by molar-refractivity contribution is 6.54. The van der Waals surface area contributed by atoms with Crippen LogP contribution in [0.4, 0.5) is 5.69 Å². The summed E-state index contributed by atoms with van der Waals surface area (Å²) in [6, 6.07) is 12.2. The second-order valence-electron chi connectivity index (χ2n) is 6.13. The van der Waals surface area contributed by atoms with Crippen LogP contribution in [-0.2, 0) is 14.4 Å². The molecule has 0 fully saturated rings. The van der Waals surface area contributed by atoms with E-state index < -0.39 is 22.8 Å². The summed E-state index contributed by atoms with van der Waals surface area (Å²) >= 11 is 11.1. The molecule has 1 aliphatic rings. The molecule has 2 aromatic carbocycles. The summed E-state index contributed by atoms with van der Waals surface area (Å²) in [6.45, 7) is 0. The van der Waals surface area contributed by atoms with Crippen LogP contribution in [0.2, 0.25) is 0 Å². The van der Waals surface area contributed by atoms with Crippen molar-refractivity contribution in [1.82, 2.24) is 0 Å². The maximum absolute atomic E-state index is 12.2. The van der Waals surface area contributed by atoms with Crippen LogP contribution in [0.3, 0.4) is 0 Å². The topological polar surface area (TPSA) is 86.2 Å². The second kappa shape index (κ2) is 9.15. The lowest BCUT2D eigenvalue weighted by atomic mass is 9.95. The van der Waals surface area contributed by atoms with Crippen LogP contribution in [0, 0.1) is 0 Å². The first-order chi connectivity index (χ1) is 13.9. The summed E-state index contributed by atoms with van der Waals surface area (Å²) in [5.74, 6) is -0.523. The van der Waals surface area contributed by atoms with Gasteiger partial charge in [-0.05, 0) is 29.8 Å². The normalized spacial score (nSPS) is 15.5. The Kier molecular flexibility index (Phi) is 6.61. The van der Waals surface area contributed by atoms with Gasteiger partial charge in [0.1, 0.15) is 5.75 Å². The monoisotopic (exact) mass is 436 g/mol. The van der Waals surface area contributed by atoms with Gasteiger partial charge in [-0.1, -0.05) is 46.6 Å². The Morgan fingerprint density at radius 1 is 1.21 bits per heavy atom. The number of anilines is 1. The standard InChI is InChI=1S/C20H18Cl2N2O5/c1-27-15-8-4-7-13(20(26)28-2)17(15)14-10-16(29-24-14)11-5-3-6-12(9-11)23-19(25)18(21)22/h3-9,16,18H,10H2,1-2H3,(H,23,25). The number of carbonyl (C=O) groups excluding carboxylic acids is 2. The molecule has 0 radical (unpaired) electrons. The van der Waals surface area contributed by atoms with Crippen LogP contribution in [0.1, 0.15) is 34.0 Å². The SMILES string of the molecule is COC(=O)c1cccc(OC)c1C1=NOC(c2cccc(NC(=O)C(Cl)Cl)c2)C1. The van der Waals surface area contributed by atoms with Crippen molar-refractivity contribution in [1.29, 1.82) is 0 Å². The molecule has 3 rings (SSSR count). The Hall–Kier alpha value is -2.77. The van der Waals surface area contributed by atoms with E-state index in [0.717, 1.165) is 5.56 Å². The van der Waals surface area contributed by atoms with E-state index in [1.165, 1.54) is 14.2 Å². The van der Waals surface area contributed by atoms with Crippen LogP contribution in [0.25, 0.3) is 0 Å². The highest BCUT2D eigenvalue weighted by atomic mass is 35.5. The molecule has 0 aromatic heterocycles. The minimum atomic E-state index is -1.17. The number of nitrogens with zero attached hydrogens (tertiary/aromatic N) is 1. The Labute approximate surface area is 177 Å². The van der Waals surface area contributed by atoms with Crippen molar-refractivity contribution in [3.05, 3.63) is 59.2 Å². The van der Waals surface area contributed by atoms with Gasteiger partial charge in [-0.3, -0.25) is 4.79 Å². The third kappa shape index (κ3) is 4.63. The molecular formula is C20H18Cl2N2O5. The quantitative estimate of drug-likeness (QED) is 0.544. The Morgan fingerprint density at radius 2 is 1.97 bits per heavy atom. The van der Waals surface area contributed by atoms with Crippen molar-refractivity contribution < 1.29 is 23.9 Å². The second-order valence-corrected chi connectivity index (χ2v) is 7.22.